The lowest BCUT2D eigenvalue weighted by Gasteiger charge is -2.36. The van der Waals surface area contributed by atoms with Gasteiger partial charge >= 0.3 is 0 Å². The minimum Gasteiger partial charge on any atom is -0.492 e. The zero-order chi connectivity index (χ0) is 17.6. The van der Waals surface area contributed by atoms with Gasteiger partial charge in [-0.3, -0.25) is 4.79 Å². The highest BCUT2D eigenvalue weighted by molar-refractivity contribution is 9.10. The van der Waals surface area contributed by atoms with Crippen LogP contribution >= 0.6 is 15.9 Å². The monoisotopic (exact) mass is 402 g/mol. The molecule has 0 spiro atoms. The van der Waals surface area contributed by atoms with E-state index in [0.717, 1.165) is 47.7 Å². The number of rotatable bonds is 5. The van der Waals surface area contributed by atoms with Crippen molar-refractivity contribution in [1.82, 2.24) is 4.90 Å². The second kappa shape index (κ2) is 8.39. The van der Waals surface area contributed by atoms with Crippen LogP contribution < -0.4 is 9.64 Å². The number of piperazine rings is 1. The van der Waals surface area contributed by atoms with E-state index in [2.05, 4.69) is 26.9 Å². The number of hydrogen-bond acceptors (Lipinski definition) is 3. The molecular formula is C20H23BrN2O2. The van der Waals surface area contributed by atoms with Gasteiger partial charge in [-0.15, -0.1) is 0 Å². The molecular weight excluding hydrogens is 380 g/mol. The molecule has 1 heterocycles. The van der Waals surface area contributed by atoms with Gasteiger partial charge in [0, 0.05) is 30.7 Å². The molecule has 0 atom stereocenters. The molecule has 2 aromatic carbocycles. The van der Waals surface area contributed by atoms with Gasteiger partial charge in [0.05, 0.1) is 18.7 Å². The predicted octanol–water partition coefficient (Wildman–Crippen LogP) is 3.74. The number of carbonyl (C=O) groups is 1. The maximum atomic E-state index is 12.5. The van der Waals surface area contributed by atoms with Gasteiger partial charge in [-0.1, -0.05) is 40.2 Å². The number of amides is 1. The van der Waals surface area contributed by atoms with Crippen LogP contribution in [0, 0.1) is 0 Å². The van der Waals surface area contributed by atoms with Crippen molar-refractivity contribution < 1.29 is 9.53 Å². The fraction of sp³-hybridized carbons (Fsp3) is 0.350. The average Bonchev–Trinajstić information content (AvgIpc) is 2.64. The predicted molar refractivity (Wildman–Crippen MR) is 104 cm³/mol. The summed E-state index contributed by atoms with van der Waals surface area (Å²) in [4.78, 5) is 16.8. The standard InChI is InChI=1S/C20H23BrN2O2/c1-2-25-19-6-4-3-5-18(19)22-11-13-23(14-12-22)20(24)15-16-7-9-17(21)10-8-16/h3-10H,2,11-15H2,1H3. The topological polar surface area (TPSA) is 32.8 Å². The number of halogens is 1. The fourth-order valence-corrected chi connectivity index (χ4v) is 3.35. The van der Waals surface area contributed by atoms with E-state index in [-0.39, 0.29) is 5.91 Å². The van der Waals surface area contributed by atoms with Gasteiger partial charge in [0.25, 0.3) is 0 Å². The van der Waals surface area contributed by atoms with Crippen molar-refractivity contribution in [3.63, 3.8) is 0 Å². The largest absolute Gasteiger partial charge is 0.492 e. The molecule has 0 aromatic heterocycles. The van der Waals surface area contributed by atoms with E-state index in [0.29, 0.717) is 13.0 Å². The summed E-state index contributed by atoms with van der Waals surface area (Å²) in [6.45, 7) is 5.80. The second-order valence-corrected chi connectivity index (χ2v) is 6.99. The molecule has 1 aliphatic rings. The molecule has 1 amide bonds. The van der Waals surface area contributed by atoms with Crippen LogP contribution in [0.3, 0.4) is 0 Å². The van der Waals surface area contributed by atoms with Gasteiger partial charge in [-0.25, -0.2) is 0 Å². The fourth-order valence-electron chi connectivity index (χ4n) is 3.08. The summed E-state index contributed by atoms with van der Waals surface area (Å²) < 4.78 is 6.76. The van der Waals surface area contributed by atoms with E-state index in [9.17, 15) is 4.79 Å². The first-order valence-corrected chi connectivity index (χ1v) is 9.45. The highest BCUT2D eigenvalue weighted by Crippen LogP contribution is 2.28. The first-order valence-electron chi connectivity index (χ1n) is 8.66. The molecule has 4 nitrogen and oxygen atoms in total. The van der Waals surface area contributed by atoms with Crippen molar-refractivity contribution in [2.24, 2.45) is 0 Å². The molecule has 2 aromatic rings. The Balaban J connectivity index is 1.58. The van der Waals surface area contributed by atoms with Crippen LogP contribution in [0.25, 0.3) is 0 Å². The molecule has 0 saturated carbocycles. The van der Waals surface area contributed by atoms with Crippen molar-refractivity contribution in [3.8, 4) is 5.75 Å². The Hall–Kier alpha value is -2.01. The normalized spacial score (nSPS) is 14.5. The van der Waals surface area contributed by atoms with Crippen LogP contribution in [0.15, 0.2) is 53.0 Å². The maximum Gasteiger partial charge on any atom is 0.227 e. The summed E-state index contributed by atoms with van der Waals surface area (Å²) >= 11 is 3.42. The molecule has 1 fully saturated rings. The molecule has 0 aliphatic carbocycles. The number of anilines is 1. The van der Waals surface area contributed by atoms with Crippen molar-refractivity contribution in [3.05, 3.63) is 58.6 Å². The molecule has 1 aliphatic heterocycles. The Bertz CT molecular complexity index is 710. The highest BCUT2D eigenvalue weighted by atomic mass is 79.9. The van der Waals surface area contributed by atoms with E-state index in [1.54, 1.807) is 0 Å². The molecule has 0 N–H and O–H groups in total. The van der Waals surface area contributed by atoms with Crippen LogP contribution in [0.5, 0.6) is 5.75 Å². The van der Waals surface area contributed by atoms with Gasteiger partial charge in [0.2, 0.25) is 5.91 Å². The summed E-state index contributed by atoms with van der Waals surface area (Å²) in [7, 11) is 0. The molecule has 132 valence electrons. The number of ether oxygens (including phenoxy) is 1. The van der Waals surface area contributed by atoms with E-state index < -0.39 is 0 Å². The first kappa shape index (κ1) is 17.8. The number of hydrogen-bond donors (Lipinski definition) is 0. The third kappa shape index (κ3) is 4.54. The van der Waals surface area contributed by atoms with Crippen LogP contribution in [0.1, 0.15) is 12.5 Å². The van der Waals surface area contributed by atoms with Crippen LogP contribution in [-0.2, 0) is 11.2 Å². The summed E-state index contributed by atoms with van der Waals surface area (Å²) in [5.74, 6) is 1.11. The molecule has 3 rings (SSSR count). The summed E-state index contributed by atoms with van der Waals surface area (Å²) in [5, 5.41) is 0. The Labute approximate surface area is 157 Å². The number of benzene rings is 2. The second-order valence-electron chi connectivity index (χ2n) is 6.07. The number of carbonyl (C=O) groups excluding carboxylic acids is 1. The maximum absolute atomic E-state index is 12.5. The quantitative estimate of drug-likeness (QED) is 0.763. The number of para-hydroxylation sites is 2. The van der Waals surface area contributed by atoms with Gasteiger partial charge in [-0.05, 0) is 36.8 Å². The Kier molecular flexibility index (Phi) is 5.97. The van der Waals surface area contributed by atoms with Gasteiger partial charge in [0.1, 0.15) is 5.75 Å². The van der Waals surface area contributed by atoms with Crippen LogP contribution in [-0.4, -0.2) is 43.6 Å². The highest BCUT2D eigenvalue weighted by Gasteiger charge is 2.22. The smallest absolute Gasteiger partial charge is 0.227 e. The Morgan fingerprint density at radius 3 is 2.40 bits per heavy atom. The summed E-state index contributed by atoms with van der Waals surface area (Å²) in [6.07, 6.45) is 0.461. The van der Waals surface area contributed by atoms with Crippen molar-refractivity contribution in [2.75, 3.05) is 37.7 Å². The Morgan fingerprint density at radius 1 is 1.04 bits per heavy atom. The minimum absolute atomic E-state index is 0.195. The SMILES string of the molecule is CCOc1ccccc1N1CCN(C(=O)Cc2ccc(Br)cc2)CC1. The third-order valence-corrected chi connectivity index (χ3v) is 4.94. The zero-order valence-corrected chi connectivity index (χ0v) is 16.0. The minimum atomic E-state index is 0.195. The van der Waals surface area contributed by atoms with Crippen molar-refractivity contribution in [1.29, 1.82) is 0 Å². The van der Waals surface area contributed by atoms with E-state index in [1.165, 1.54) is 0 Å². The lowest BCUT2D eigenvalue weighted by molar-refractivity contribution is -0.130. The average molecular weight is 403 g/mol. The molecule has 0 unspecified atom stereocenters. The van der Waals surface area contributed by atoms with E-state index >= 15 is 0 Å². The van der Waals surface area contributed by atoms with E-state index in [1.807, 2.05) is 54.3 Å². The molecule has 5 heteroatoms. The van der Waals surface area contributed by atoms with Gasteiger partial charge in [0.15, 0.2) is 0 Å². The van der Waals surface area contributed by atoms with Gasteiger partial charge < -0.3 is 14.5 Å². The summed E-state index contributed by atoms with van der Waals surface area (Å²) in [5.41, 5.74) is 2.17. The number of nitrogens with zero attached hydrogens (tertiary/aromatic N) is 2. The Morgan fingerprint density at radius 2 is 1.72 bits per heavy atom. The third-order valence-electron chi connectivity index (χ3n) is 4.41. The van der Waals surface area contributed by atoms with E-state index in [4.69, 9.17) is 4.74 Å². The van der Waals surface area contributed by atoms with Crippen LogP contribution in [0.2, 0.25) is 0 Å². The van der Waals surface area contributed by atoms with Crippen molar-refractivity contribution in [2.45, 2.75) is 13.3 Å². The molecule has 25 heavy (non-hydrogen) atoms. The van der Waals surface area contributed by atoms with Crippen molar-refractivity contribution >= 4 is 27.5 Å². The molecule has 0 radical (unpaired) electrons. The zero-order valence-electron chi connectivity index (χ0n) is 14.5. The lowest BCUT2D eigenvalue weighted by Crippen LogP contribution is -2.49. The molecule has 1 saturated heterocycles. The summed E-state index contributed by atoms with van der Waals surface area (Å²) in [6, 6.07) is 16.1. The van der Waals surface area contributed by atoms with Gasteiger partial charge in [-0.2, -0.15) is 0 Å². The molecule has 0 bridgehead atoms. The lowest BCUT2D eigenvalue weighted by atomic mass is 10.1. The first-order chi connectivity index (χ1) is 12.2. The van der Waals surface area contributed by atoms with Crippen LogP contribution in [0.4, 0.5) is 5.69 Å².